The van der Waals surface area contributed by atoms with Crippen molar-refractivity contribution >= 4 is 17.4 Å². The fourth-order valence-corrected chi connectivity index (χ4v) is 1.66. The summed E-state index contributed by atoms with van der Waals surface area (Å²) >= 11 is 5.62. The van der Waals surface area contributed by atoms with Gasteiger partial charge in [-0.2, -0.15) is 0 Å². The van der Waals surface area contributed by atoms with Gasteiger partial charge in [0.15, 0.2) is 11.6 Å². The van der Waals surface area contributed by atoms with Crippen LogP contribution in [-0.4, -0.2) is 23.2 Å². The molecule has 0 atom stereocenters. The second-order valence-corrected chi connectivity index (χ2v) is 5.27. The van der Waals surface area contributed by atoms with Crippen LogP contribution in [0.3, 0.4) is 0 Å². The minimum atomic E-state index is -0.449. The molecule has 0 unspecified atom stereocenters. The molecule has 0 amide bonds. The van der Waals surface area contributed by atoms with Gasteiger partial charge >= 0.3 is 0 Å². The van der Waals surface area contributed by atoms with E-state index in [1.165, 1.54) is 12.3 Å². The number of hydrogen-bond donors (Lipinski definition) is 2. The number of rotatable bonds is 6. The highest BCUT2D eigenvalue weighted by Crippen LogP contribution is 2.23. The maximum absolute atomic E-state index is 13.4. The van der Waals surface area contributed by atoms with Crippen molar-refractivity contribution in [3.8, 4) is 0 Å². The first-order valence-electron chi connectivity index (χ1n) is 5.60. The number of aliphatic hydroxyl groups is 1. The smallest absolute Gasteiger partial charge is 0.166 e. The molecular formula is C12H18ClFN2O. The third-order valence-corrected chi connectivity index (χ3v) is 2.76. The molecule has 96 valence electrons. The predicted molar refractivity (Wildman–Crippen MR) is 67.8 cm³/mol. The van der Waals surface area contributed by atoms with Crippen LogP contribution in [-0.2, 0) is 0 Å². The number of halogens is 2. The van der Waals surface area contributed by atoms with Crippen molar-refractivity contribution < 1.29 is 9.50 Å². The standard InChI is InChI=1S/C12H18ClFN2O/c1-12(2,4-3-5-17)8-16-11-10(14)6-9(13)7-15-11/h6-7,17H,3-5,8H2,1-2H3,(H,15,16). The van der Waals surface area contributed by atoms with E-state index in [2.05, 4.69) is 24.1 Å². The summed E-state index contributed by atoms with van der Waals surface area (Å²) in [5, 5.41) is 12.0. The molecule has 5 heteroatoms. The summed E-state index contributed by atoms with van der Waals surface area (Å²) < 4.78 is 13.4. The molecule has 2 N–H and O–H groups in total. The van der Waals surface area contributed by atoms with E-state index in [0.717, 1.165) is 12.8 Å². The van der Waals surface area contributed by atoms with Gasteiger partial charge in [-0.3, -0.25) is 0 Å². The molecule has 0 aliphatic carbocycles. The Morgan fingerprint density at radius 2 is 2.24 bits per heavy atom. The minimum absolute atomic E-state index is 0.0174. The second-order valence-electron chi connectivity index (χ2n) is 4.83. The van der Waals surface area contributed by atoms with E-state index in [-0.39, 0.29) is 22.9 Å². The zero-order chi connectivity index (χ0) is 12.9. The zero-order valence-electron chi connectivity index (χ0n) is 10.1. The van der Waals surface area contributed by atoms with Gasteiger partial charge in [-0.1, -0.05) is 25.4 Å². The molecule has 0 saturated heterocycles. The lowest BCUT2D eigenvalue weighted by molar-refractivity contribution is 0.247. The number of pyridine rings is 1. The van der Waals surface area contributed by atoms with E-state index in [1.807, 2.05) is 0 Å². The van der Waals surface area contributed by atoms with Crippen molar-refractivity contribution in [2.75, 3.05) is 18.5 Å². The summed E-state index contributed by atoms with van der Waals surface area (Å²) in [6, 6.07) is 1.23. The summed E-state index contributed by atoms with van der Waals surface area (Å²) in [4.78, 5) is 3.89. The Bertz CT molecular complexity index is 372. The zero-order valence-corrected chi connectivity index (χ0v) is 10.9. The average Bonchev–Trinajstić information content (AvgIpc) is 2.25. The summed E-state index contributed by atoms with van der Waals surface area (Å²) in [7, 11) is 0. The van der Waals surface area contributed by atoms with Crippen LogP contribution in [0.2, 0.25) is 5.02 Å². The molecule has 0 saturated carbocycles. The molecule has 3 nitrogen and oxygen atoms in total. The Morgan fingerprint density at radius 3 is 2.82 bits per heavy atom. The predicted octanol–water partition coefficient (Wildman–Crippen LogP) is 3.08. The quantitative estimate of drug-likeness (QED) is 0.826. The molecule has 0 bridgehead atoms. The number of nitrogens with zero attached hydrogens (tertiary/aromatic N) is 1. The van der Waals surface area contributed by atoms with Crippen molar-refractivity contribution in [3.63, 3.8) is 0 Å². The monoisotopic (exact) mass is 260 g/mol. The third kappa shape index (κ3) is 4.88. The van der Waals surface area contributed by atoms with Gasteiger partial charge in [0.2, 0.25) is 0 Å². The molecule has 0 radical (unpaired) electrons. The molecule has 17 heavy (non-hydrogen) atoms. The SMILES string of the molecule is CC(C)(CCCO)CNc1ncc(Cl)cc1F. The first-order chi connectivity index (χ1) is 7.94. The molecule has 0 aliphatic heterocycles. The molecule has 0 spiro atoms. The van der Waals surface area contributed by atoms with Gasteiger partial charge in [-0.05, 0) is 24.3 Å². The average molecular weight is 261 g/mol. The summed E-state index contributed by atoms with van der Waals surface area (Å²) in [5.41, 5.74) is -0.0174. The number of aliphatic hydroxyl groups excluding tert-OH is 1. The lowest BCUT2D eigenvalue weighted by Gasteiger charge is -2.25. The van der Waals surface area contributed by atoms with Crippen LogP contribution < -0.4 is 5.32 Å². The maximum Gasteiger partial charge on any atom is 0.166 e. The lowest BCUT2D eigenvalue weighted by atomic mass is 9.88. The first-order valence-corrected chi connectivity index (χ1v) is 5.98. The van der Waals surface area contributed by atoms with Gasteiger partial charge in [0.1, 0.15) is 0 Å². The first kappa shape index (κ1) is 14.2. The number of hydrogen-bond acceptors (Lipinski definition) is 3. The van der Waals surface area contributed by atoms with E-state index < -0.39 is 5.82 Å². The molecule has 1 rings (SSSR count). The van der Waals surface area contributed by atoms with Crippen molar-refractivity contribution in [3.05, 3.63) is 23.1 Å². The van der Waals surface area contributed by atoms with Gasteiger partial charge in [-0.25, -0.2) is 9.37 Å². The summed E-state index contributed by atoms with van der Waals surface area (Å²) in [5.74, 6) is -0.234. The van der Waals surface area contributed by atoms with E-state index in [9.17, 15) is 4.39 Å². The van der Waals surface area contributed by atoms with Gasteiger partial charge in [0.25, 0.3) is 0 Å². The Labute approximate surface area is 106 Å². The van der Waals surface area contributed by atoms with Crippen LogP contribution in [0.1, 0.15) is 26.7 Å². The molecular weight excluding hydrogens is 243 g/mol. The van der Waals surface area contributed by atoms with E-state index >= 15 is 0 Å². The van der Waals surface area contributed by atoms with Crippen LogP contribution in [0.4, 0.5) is 10.2 Å². The van der Waals surface area contributed by atoms with Gasteiger partial charge < -0.3 is 10.4 Å². The van der Waals surface area contributed by atoms with E-state index in [4.69, 9.17) is 16.7 Å². The Morgan fingerprint density at radius 1 is 1.53 bits per heavy atom. The third-order valence-electron chi connectivity index (χ3n) is 2.55. The van der Waals surface area contributed by atoms with Crippen molar-refractivity contribution in [2.24, 2.45) is 5.41 Å². The Hall–Kier alpha value is -0.870. The van der Waals surface area contributed by atoms with Crippen molar-refractivity contribution in [1.29, 1.82) is 0 Å². The Balaban J connectivity index is 2.54. The molecule has 0 aliphatic rings. The van der Waals surface area contributed by atoms with Gasteiger partial charge in [0, 0.05) is 19.3 Å². The van der Waals surface area contributed by atoms with Crippen molar-refractivity contribution in [1.82, 2.24) is 4.98 Å². The molecule has 0 fully saturated rings. The Kier molecular flexibility index (Phi) is 5.15. The number of anilines is 1. The van der Waals surface area contributed by atoms with Crippen LogP contribution in [0.5, 0.6) is 0 Å². The van der Waals surface area contributed by atoms with E-state index in [1.54, 1.807) is 0 Å². The van der Waals surface area contributed by atoms with Crippen LogP contribution in [0.15, 0.2) is 12.3 Å². The van der Waals surface area contributed by atoms with E-state index in [0.29, 0.717) is 6.54 Å². The maximum atomic E-state index is 13.4. The number of aromatic nitrogens is 1. The topological polar surface area (TPSA) is 45.1 Å². The molecule has 1 aromatic heterocycles. The van der Waals surface area contributed by atoms with Crippen LogP contribution in [0.25, 0.3) is 0 Å². The highest BCUT2D eigenvalue weighted by Gasteiger charge is 2.18. The lowest BCUT2D eigenvalue weighted by Crippen LogP contribution is -2.24. The summed E-state index contributed by atoms with van der Waals surface area (Å²) in [6.07, 6.45) is 3.02. The summed E-state index contributed by atoms with van der Waals surface area (Å²) in [6.45, 7) is 4.89. The number of nitrogens with one attached hydrogen (secondary N) is 1. The van der Waals surface area contributed by atoms with Crippen molar-refractivity contribution in [2.45, 2.75) is 26.7 Å². The second kappa shape index (κ2) is 6.17. The van der Waals surface area contributed by atoms with Gasteiger partial charge in [0.05, 0.1) is 5.02 Å². The molecule has 1 heterocycles. The van der Waals surface area contributed by atoms with Gasteiger partial charge in [-0.15, -0.1) is 0 Å². The highest BCUT2D eigenvalue weighted by atomic mass is 35.5. The fraction of sp³-hybridized carbons (Fsp3) is 0.583. The normalized spacial score (nSPS) is 11.6. The molecule has 0 aromatic carbocycles. The van der Waals surface area contributed by atoms with Crippen LogP contribution >= 0.6 is 11.6 Å². The largest absolute Gasteiger partial charge is 0.396 e. The minimum Gasteiger partial charge on any atom is -0.396 e. The fourth-order valence-electron chi connectivity index (χ4n) is 1.51. The highest BCUT2D eigenvalue weighted by molar-refractivity contribution is 6.30. The van der Waals surface area contributed by atoms with Crippen LogP contribution in [0, 0.1) is 11.2 Å². The molecule has 1 aromatic rings.